The number of hydrogen-bond acceptors (Lipinski definition) is 4. The third-order valence-corrected chi connectivity index (χ3v) is 4.41. The van der Waals surface area contributed by atoms with Gasteiger partial charge in [-0.1, -0.05) is 17.7 Å². The SMILES string of the molecule is Cc1cc(Cl)ccc1NC(=O)C(=O)N1CCN(c2ccccn2)CC1. The Morgan fingerprint density at radius 3 is 2.52 bits per heavy atom. The van der Waals surface area contributed by atoms with Crippen LogP contribution in [0.5, 0.6) is 0 Å². The number of piperazine rings is 1. The molecular weight excluding hydrogens is 340 g/mol. The van der Waals surface area contributed by atoms with Gasteiger partial charge in [-0.15, -0.1) is 0 Å². The van der Waals surface area contributed by atoms with Gasteiger partial charge >= 0.3 is 11.8 Å². The summed E-state index contributed by atoms with van der Waals surface area (Å²) in [6.07, 6.45) is 1.74. The van der Waals surface area contributed by atoms with Gasteiger partial charge < -0.3 is 15.1 Å². The average Bonchev–Trinajstić information content (AvgIpc) is 2.64. The first kappa shape index (κ1) is 17.2. The van der Waals surface area contributed by atoms with Crippen LogP contribution in [0, 0.1) is 6.92 Å². The van der Waals surface area contributed by atoms with E-state index in [1.165, 1.54) is 0 Å². The fraction of sp³-hybridized carbons (Fsp3) is 0.278. The Balaban J connectivity index is 1.57. The standard InChI is InChI=1S/C18H19ClN4O2/c1-13-12-14(19)5-6-15(13)21-17(24)18(25)23-10-8-22(9-11-23)16-4-2-3-7-20-16/h2-7,12H,8-11H2,1H3,(H,21,24). The number of rotatable bonds is 2. The molecule has 0 radical (unpaired) electrons. The monoisotopic (exact) mass is 358 g/mol. The van der Waals surface area contributed by atoms with E-state index < -0.39 is 11.8 Å². The molecule has 0 unspecified atom stereocenters. The number of aryl methyl sites for hydroxylation is 1. The molecule has 1 fully saturated rings. The Bertz CT molecular complexity index is 774. The highest BCUT2D eigenvalue weighted by atomic mass is 35.5. The maximum absolute atomic E-state index is 12.4. The van der Waals surface area contributed by atoms with Crippen molar-refractivity contribution in [1.82, 2.24) is 9.88 Å². The molecule has 7 heteroatoms. The zero-order chi connectivity index (χ0) is 17.8. The van der Waals surface area contributed by atoms with E-state index in [1.807, 2.05) is 25.1 Å². The quantitative estimate of drug-likeness (QED) is 0.837. The molecule has 2 aromatic rings. The summed E-state index contributed by atoms with van der Waals surface area (Å²) in [5.41, 5.74) is 1.41. The van der Waals surface area contributed by atoms with E-state index in [2.05, 4.69) is 15.2 Å². The van der Waals surface area contributed by atoms with Gasteiger partial charge in [-0.05, 0) is 42.8 Å². The molecule has 0 saturated carbocycles. The topological polar surface area (TPSA) is 65.5 Å². The summed E-state index contributed by atoms with van der Waals surface area (Å²) in [4.78, 5) is 32.6. The number of carbonyl (C=O) groups is 2. The van der Waals surface area contributed by atoms with E-state index >= 15 is 0 Å². The van der Waals surface area contributed by atoms with Crippen molar-refractivity contribution in [1.29, 1.82) is 0 Å². The fourth-order valence-corrected chi connectivity index (χ4v) is 2.99. The van der Waals surface area contributed by atoms with Crippen molar-refractivity contribution in [2.24, 2.45) is 0 Å². The number of anilines is 2. The molecule has 1 aromatic carbocycles. The Kier molecular flexibility index (Phi) is 5.19. The third kappa shape index (κ3) is 4.09. The van der Waals surface area contributed by atoms with Crippen LogP contribution in [-0.2, 0) is 9.59 Å². The maximum Gasteiger partial charge on any atom is 0.313 e. The Labute approximate surface area is 151 Å². The van der Waals surface area contributed by atoms with E-state index in [0.717, 1.165) is 11.4 Å². The predicted molar refractivity (Wildman–Crippen MR) is 97.8 cm³/mol. The molecule has 130 valence electrons. The lowest BCUT2D eigenvalue weighted by molar-refractivity contribution is -0.143. The summed E-state index contributed by atoms with van der Waals surface area (Å²) in [7, 11) is 0. The predicted octanol–water partition coefficient (Wildman–Crippen LogP) is 2.33. The van der Waals surface area contributed by atoms with Crippen molar-refractivity contribution in [2.75, 3.05) is 36.4 Å². The first-order valence-corrected chi connectivity index (χ1v) is 8.45. The molecule has 25 heavy (non-hydrogen) atoms. The summed E-state index contributed by atoms with van der Waals surface area (Å²) in [5.74, 6) is -0.262. The minimum absolute atomic E-state index is 0.489. The molecule has 1 aliphatic heterocycles. The number of halogens is 1. The lowest BCUT2D eigenvalue weighted by atomic mass is 10.2. The van der Waals surface area contributed by atoms with Crippen LogP contribution < -0.4 is 10.2 Å². The number of amides is 2. The molecule has 1 saturated heterocycles. The summed E-state index contributed by atoms with van der Waals surface area (Å²) in [5, 5.41) is 3.25. The molecule has 1 aromatic heterocycles. The number of carbonyl (C=O) groups excluding carboxylic acids is 2. The van der Waals surface area contributed by atoms with E-state index in [0.29, 0.717) is 36.9 Å². The van der Waals surface area contributed by atoms with E-state index in [1.54, 1.807) is 29.3 Å². The molecule has 0 bridgehead atoms. The Morgan fingerprint density at radius 2 is 1.88 bits per heavy atom. The van der Waals surface area contributed by atoms with E-state index in [4.69, 9.17) is 11.6 Å². The Hall–Kier alpha value is -2.60. The largest absolute Gasteiger partial charge is 0.353 e. The first-order valence-electron chi connectivity index (χ1n) is 8.07. The van der Waals surface area contributed by atoms with Gasteiger partial charge in [0, 0.05) is 43.1 Å². The first-order chi connectivity index (χ1) is 12.0. The van der Waals surface area contributed by atoms with Crippen molar-refractivity contribution in [3.05, 3.63) is 53.2 Å². The molecule has 1 N–H and O–H groups in total. The van der Waals surface area contributed by atoms with Crippen molar-refractivity contribution < 1.29 is 9.59 Å². The van der Waals surface area contributed by atoms with E-state index in [-0.39, 0.29) is 0 Å². The molecule has 0 atom stereocenters. The average molecular weight is 359 g/mol. The molecular formula is C18H19ClN4O2. The lowest BCUT2D eigenvalue weighted by Gasteiger charge is -2.35. The highest BCUT2D eigenvalue weighted by molar-refractivity contribution is 6.39. The van der Waals surface area contributed by atoms with Crippen LogP contribution in [0.15, 0.2) is 42.6 Å². The normalized spacial score (nSPS) is 14.3. The van der Waals surface area contributed by atoms with Crippen LogP contribution in [0.4, 0.5) is 11.5 Å². The number of benzene rings is 1. The molecule has 2 amide bonds. The number of nitrogens with one attached hydrogen (secondary N) is 1. The number of hydrogen-bond donors (Lipinski definition) is 1. The number of pyridine rings is 1. The summed E-state index contributed by atoms with van der Waals surface area (Å²) in [6, 6.07) is 10.9. The highest BCUT2D eigenvalue weighted by Crippen LogP contribution is 2.20. The number of aromatic nitrogens is 1. The number of nitrogens with zero attached hydrogens (tertiary/aromatic N) is 3. The van der Waals surface area contributed by atoms with Crippen LogP contribution in [0.25, 0.3) is 0 Å². The summed E-state index contributed by atoms with van der Waals surface area (Å²) in [6.45, 7) is 4.11. The molecule has 2 heterocycles. The second-order valence-electron chi connectivity index (χ2n) is 5.88. The maximum atomic E-state index is 12.4. The second kappa shape index (κ2) is 7.53. The highest BCUT2D eigenvalue weighted by Gasteiger charge is 2.26. The molecule has 0 aliphatic carbocycles. The van der Waals surface area contributed by atoms with Crippen molar-refractivity contribution in [3.63, 3.8) is 0 Å². The zero-order valence-corrected chi connectivity index (χ0v) is 14.7. The van der Waals surface area contributed by atoms with Gasteiger partial charge in [0.15, 0.2) is 0 Å². The van der Waals surface area contributed by atoms with Gasteiger partial charge in [-0.2, -0.15) is 0 Å². The lowest BCUT2D eigenvalue weighted by Crippen LogP contribution is -2.51. The van der Waals surface area contributed by atoms with Crippen LogP contribution in [0.1, 0.15) is 5.56 Å². The van der Waals surface area contributed by atoms with Gasteiger partial charge in [0.1, 0.15) is 5.82 Å². The van der Waals surface area contributed by atoms with Crippen LogP contribution in [-0.4, -0.2) is 47.9 Å². The molecule has 1 aliphatic rings. The minimum Gasteiger partial charge on any atom is -0.353 e. The summed E-state index contributed by atoms with van der Waals surface area (Å²) >= 11 is 5.90. The van der Waals surface area contributed by atoms with Crippen LogP contribution >= 0.6 is 11.6 Å². The van der Waals surface area contributed by atoms with Crippen molar-refractivity contribution in [2.45, 2.75) is 6.92 Å². The fourth-order valence-electron chi connectivity index (χ4n) is 2.77. The minimum atomic E-state index is -0.628. The van der Waals surface area contributed by atoms with Gasteiger partial charge in [-0.3, -0.25) is 9.59 Å². The van der Waals surface area contributed by atoms with Crippen LogP contribution in [0.3, 0.4) is 0 Å². The molecule has 6 nitrogen and oxygen atoms in total. The van der Waals surface area contributed by atoms with Crippen molar-refractivity contribution >= 4 is 34.9 Å². The summed E-state index contributed by atoms with van der Waals surface area (Å²) < 4.78 is 0. The smallest absolute Gasteiger partial charge is 0.313 e. The van der Waals surface area contributed by atoms with Crippen molar-refractivity contribution in [3.8, 4) is 0 Å². The molecule has 3 rings (SSSR count). The zero-order valence-electron chi connectivity index (χ0n) is 13.9. The second-order valence-corrected chi connectivity index (χ2v) is 6.32. The molecule has 0 spiro atoms. The van der Waals surface area contributed by atoms with Gasteiger partial charge in [0.05, 0.1) is 0 Å². The van der Waals surface area contributed by atoms with Gasteiger partial charge in [0.25, 0.3) is 0 Å². The third-order valence-electron chi connectivity index (χ3n) is 4.17. The van der Waals surface area contributed by atoms with E-state index in [9.17, 15) is 9.59 Å². The van der Waals surface area contributed by atoms with Gasteiger partial charge in [0.2, 0.25) is 0 Å². The Morgan fingerprint density at radius 1 is 1.12 bits per heavy atom. The van der Waals surface area contributed by atoms with Gasteiger partial charge in [-0.25, -0.2) is 4.98 Å². The van der Waals surface area contributed by atoms with Crippen LogP contribution in [0.2, 0.25) is 5.02 Å².